The fraction of sp³-hybridized carbons (Fsp3) is 0.296. The number of ether oxygens (including phenoxy) is 3. The number of benzene rings is 6. The third kappa shape index (κ3) is 23.6. The van der Waals surface area contributed by atoms with Gasteiger partial charge in [-0.3, -0.25) is 28.8 Å². The molecule has 3 aliphatic rings. The number of pyridine rings is 3. The lowest BCUT2D eigenvalue weighted by atomic mass is 9.93. The highest BCUT2D eigenvalue weighted by molar-refractivity contribution is 9.11. The molecule has 3 fully saturated rings. The SMILES string of the molecule is CC(F)(c1cc(Br)c(NC(=O)c2cccc(N(CC3CC3)C(=O)c3ccnc(Cl)c3)c2F)c(OC(F)F)c1)C(F)(F)F.O=C(Nc1c(Br)cc(C(F)(C(F)(F)F)C(F)(F)F)cc1OC(F)F)c1cccc(N(CC2CC2)C(=O)c2ccc(Cl)nc2)c1F.O=C(Nc1c(Br)cc(C(F)(C(F)(F)F)C(F)(F)F)cc1OC(F)F)c1cccc(N(CC2CC2)C(=O)c2ccc(F)nc2)c1F. The minimum absolute atomic E-state index is 0.00522. The van der Waals surface area contributed by atoms with Crippen LogP contribution < -0.4 is 44.9 Å². The average Bonchev–Trinajstić information content (AvgIpc) is 0.869. The van der Waals surface area contributed by atoms with Gasteiger partial charge in [-0.1, -0.05) is 41.4 Å². The van der Waals surface area contributed by atoms with Gasteiger partial charge in [-0.2, -0.15) is 96.6 Å². The zero-order valence-electron chi connectivity index (χ0n) is 65.5. The summed E-state index contributed by atoms with van der Waals surface area (Å²) in [6.45, 7) is -11.0. The molecule has 0 bridgehead atoms. The van der Waals surface area contributed by atoms with Crippen molar-refractivity contribution in [3.8, 4) is 17.2 Å². The van der Waals surface area contributed by atoms with Crippen molar-refractivity contribution in [3.05, 3.63) is 243 Å². The minimum Gasteiger partial charge on any atom is -0.433 e. The molecule has 3 saturated carbocycles. The number of hydrogen-bond acceptors (Lipinski definition) is 12. The summed E-state index contributed by atoms with van der Waals surface area (Å²) in [5, 5.41) is 5.98. The van der Waals surface area contributed by atoms with Gasteiger partial charge in [0.1, 0.15) is 10.3 Å². The zero-order valence-corrected chi connectivity index (χ0v) is 71.8. The summed E-state index contributed by atoms with van der Waals surface area (Å²) in [5.74, 6) is -14.9. The first kappa shape index (κ1) is 103. The Morgan fingerprint density at radius 2 is 0.705 bits per heavy atom. The van der Waals surface area contributed by atoms with Gasteiger partial charge in [0.05, 0.1) is 61.9 Å². The van der Waals surface area contributed by atoms with Gasteiger partial charge in [0, 0.05) is 73.9 Å². The maximum absolute atomic E-state index is 15.8. The highest BCUT2D eigenvalue weighted by Gasteiger charge is 2.75. The van der Waals surface area contributed by atoms with E-state index in [0.29, 0.717) is 25.0 Å². The number of carbonyl (C=O) groups is 6. The van der Waals surface area contributed by atoms with E-state index in [1.165, 1.54) is 54.7 Å². The first-order valence-electron chi connectivity index (χ1n) is 37.2. The number of rotatable bonds is 27. The molecule has 3 N–H and O–H groups in total. The van der Waals surface area contributed by atoms with Crippen LogP contribution >= 0.6 is 71.0 Å². The van der Waals surface area contributed by atoms with Crippen LogP contribution in [0.2, 0.25) is 10.3 Å². The Kier molecular flexibility index (Phi) is 31.6. The van der Waals surface area contributed by atoms with Crippen LogP contribution in [-0.4, -0.2) is 121 Å². The van der Waals surface area contributed by atoms with E-state index in [0.717, 1.165) is 95.2 Å². The van der Waals surface area contributed by atoms with E-state index in [4.69, 9.17) is 23.2 Å². The second-order valence-corrected chi connectivity index (χ2v) is 32.2. The van der Waals surface area contributed by atoms with Gasteiger partial charge in [-0.15, -0.1) is 0 Å². The Morgan fingerprint density at radius 3 is 0.985 bits per heavy atom. The van der Waals surface area contributed by atoms with Crippen molar-refractivity contribution in [3.63, 3.8) is 0 Å². The van der Waals surface area contributed by atoms with Crippen LogP contribution in [0.1, 0.15) is 124 Å². The van der Waals surface area contributed by atoms with Gasteiger partial charge in [0.25, 0.3) is 35.4 Å². The fourth-order valence-electron chi connectivity index (χ4n) is 12.3. The number of aromatic nitrogens is 3. The van der Waals surface area contributed by atoms with E-state index >= 15 is 13.2 Å². The lowest BCUT2D eigenvalue weighted by Crippen LogP contribution is -2.50. The number of hydrogen-bond donors (Lipinski definition) is 3. The summed E-state index contributed by atoms with van der Waals surface area (Å²) in [5.41, 5.74) is -27.5. The first-order chi connectivity index (χ1) is 61.3. The summed E-state index contributed by atoms with van der Waals surface area (Å²) in [6.07, 6.45) is -24.0. The topological polar surface area (TPSA) is 215 Å². The fourth-order valence-corrected chi connectivity index (χ4v) is 14.2. The Labute approximate surface area is 759 Å². The van der Waals surface area contributed by atoms with E-state index in [9.17, 15) is 139 Å². The molecule has 9 aromatic rings. The van der Waals surface area contributed by atoms with Gasteiger partial charge in [0.15, 0.2) is 34.7 Å². The molecule has 51 heteroatoms. The normalized spacial score (nSPS) is 14.2. The summed E-state index contributed by atoms with van der Waals surface area (Å²) >= 11 is 19.6. The van der Waals surface area contributed by atoms with Crippen LogP contribution in [0, 0.1) is 41.2 Å². The molecule has 12 rings (SSSR count). The van der Waals surface area contributed by atoms with Crippen molar-refractivity contribution in [1.29, 1.82) is 0 Å². The van der Waals surface area contributed by atoms with E-state index < -0.39 is 213 Å². The van der Waals surface area contributed by atoms with Crippen LogP contribution in [0.15, 0.2) is 159 Å². The molecule has 1 unspecified atom stereocenters. The van der Waals surface area contributed by atoms with Gasteiger partial charge in [-0.05, 0) is 220 Å². The molecule has 0 spiro atoms. The third-order valence-electron chi connectivity index (χ3n) is 19.6. The molecule has 6 aromatic carbocycles. The van der Waals surface area contributed by atoms with Gasteiger partial charge in [0.2, 0.25) is 11.6 Å². The van der Waals surface area contributed by atoms with Crippen LogP contribution in [0.25, 0.3) is 0 Å². The molecule has 6 amide bonds. The molecule has 708 valence electrons. The molecule has 3 heterocycles. The molecular formula is C81H54Br3Cl2F28N9O9. The lowest BCUT2D eigenvalue weighted by molar-refractivity contribution is -0.349. The van der Waals surface area contributed by atoms with Crippen molar-refractivity contribution in [2.24, 2.45) is 17.8 Å². The molecule has 3 aromatic heterocycles. The summed E-state index contributed by atoms with van der Waals surface area (Å²) < 4.78 is 393. The number of carbonyl (C=O) groups excluding carboxylic acids is 6. The number of nitrogens with one attached hydrogen (secondary N) is 3. The summed E-state index contributed by atoms with van der Waals surface area (Å²) in [4.78, 5) is 93.4. The predicted molar refractivity (Wildman–Crippen MR) is 426 cm³/mol. The molecule has 18 nitrogen and oxygen atoms in total. The molecule has 1 atom stereocenters. The lowest BCUT2D eigenvalue weighted by Gasteiger charge is -2.31. The maximum atomic E-state index is 15.8. The van der Waals surface area contributed by atoms with Crippen LogP contribution in [0.5, 0.6) is 17.2 Å². The Bertz CT molecular complexity index is 5550. The van der Waals surface area contributed by atoms with Crippen LogP contribution in [0.3, 0.4) is 0 Å². The van der Waals surface area contributed by atoms with Gasteiger partial charge >= 0.3 is 62.1 Å². The Balaban J connectivity index is 0.000000206. The van der Waals surface area contributed by atoms with Crippen molar-refractivity contribution in [1.82, 2.24) is 15.0 Å². The zero-order chi connectivity index (χ0) is 97.9. The molecule has 0 aliphatic heterocycles. The monoisotopic (exact) mass is 2140 g/mol. The highest BCUT2D eigenvalue weighted by Crippen LogP contribution is 2.58. The molecule has 132 heavy (non-hydrogen) atoms. The maximum Gasteiger partial charge on any atom is 0.435 e. The van der Waals surface area contributed by atoms with Crippen molar-refractivity contribution in [2.75, 3.05) is 50.3 Å². The van der Waals surface area contributed by atoms with Crippen molar-refractivity contribution >= 4 is 141 Å². The summed E-state index contributed by atoms with van der Waals surface area (Å²) in [6, 6.07) is 17.5. The minimum atomic E-state index is -6.60. The van der Waals surface area contributed by atoms with E-state index in [2.05, 4.69) is 82.3 Å². The largest absolute Gasteiger partial charge is 0.435 e. The predicted octanol–water partition coefficient (Wildman–Crippen LogP) is 25.5. The van der Waals surface area contributed by atoms with Crippen LogP contribution in [-0.2, 0) is 17.0 Å². The Morgan fingerprint density at radius 1 is 0.394 bits per heavy atom. The Hall–Kier alpha value is -11.0. The number of alkyl halides is 24. The quantitative estimate of drug-likeness (QED) is 0.0324. The molecule has 0 saturated heterocycles. The second-order valence-electron chi connectivity index (χ2n) is 28.9. The molecular weight excluding hydrogens is 2090 g/mol. The number of halogens is 33. The van der Waals surface area contributed by atoms with Crippen LogP contribution in [0.4, 0.5) is 157 Å². The highest BCUT2D eigenvalue weighted by atomic mass is 79.9. The van der Waals surface area contributed by atoms with Crippen molar-refractivity contribution < 1.29 is 166 Å². The van der Waals surface area contributed by atoms with E-state index in [-0.39, 0.29) is 107 Å². The molecule has 3 aliphatic carbocycles. The molecule has 0 radical (unpaired) electrons. The number of anilines is 6. The number of nitrogens with zero attached hydrogens (tertiary/aromatic N) is 6. The number of amides is 6. The standard InChI is InChI=1S/C27H17BrClF10N3O3.C27H20BrClF7N3O3.C27H17BrF11N3O3/c28-16-8-14(25(33,26(34,35)36)27(37,38)39)9-18(45-24(31)32)21(16)41-22(43)15-2-1-3-17(20(15)30)42(11-12-4-5-12)23(44)13-6-7-19(29)40-10-13;1-26(33,27(34,35)36)15-10-17(28)22(19(11-15)42-25(31)32)38-23(40)16-3-2-4-18(21(16)30)39(12-13-5-6-13)24(41)14-7-8-37-20(29)9-14;28-16-8-14(25(33,26(34,35)36)27(37,38)39)9-18(45-24(31)32)21(16)41-22(43)15-2-1-3-17(20(15)30)42(11-12-4-5-12)23(44)13-6-7-19(29)40-10-13/h1-3,6-10,12,24H,4-5,11H2,(H,41,43);2-4,7-11,13,25H,5-6,12H2,1H3,(H,38,40);1-3,6-10,12,24H,4-5,11H2,(H,41,43). The van der Waals surface area contributed by atoms with Gasteiger partial charge in [-0.25, -0.2) is 41.3 Å². The van der Waals surface area contributed by atoms with Crippen molar-refractivity contribution in [2.45, 2.75) is 113 Å². The second kappa shape index (κ2) is 40.5. The summed E-state index contributed by atoms with van der Waals surface area (Å²) in [7, 11) is 0. The van der Waals surface area contributed by atoms with E-state index in [1.54, 1.807) is 0 Å². The first-order valence-corrected chi connectivity index (χ1v) is 40.3. The van der Waals surface area contributed by atoms with Gasteiger partial charge < -0.3 is 44.9 Å². The smallest absolute Gasteiger partial charge is 0.433 e. The third-order valence-corrected chi connectivity index (χ3v) is 21.9. The van der Waals surface area contributed by atoms with E-state index in [1.807, 2.05) is 10.6 Å². The average molecular weight is 2140 g/mol.